The molecule has 16 heavy (non-hydrogen) atoms. The van der Waals surface area contributed by atoms with E-state index in [-0.39, 0.29) is 5.78 Å². The molecule has 0 aromatic heterocycles. The standard InChI is InChI=1S/C11H13Cl2NO2/c1-7(15)5-14-6-8-3-10(13)11(16-2)4-9(8)12/h3-4,14H,5-6H2,1-2H3. The van der Waals surface area contributed by atoms with Crippen molar-refractivity contribution in [2.24, 2.45) is 0 Å². The molecule has 0 atom stereocenters. The molecule has 0 unspecified atom stereocenters. The fourth-order valence-electron chi connectivity index (χ4n) is 1.23. The molecule has 0 bridgehead atoms. The second kappa shape index (κ2) is 6.09. The summed E-state index contributed by atoms with van der Waals surface area (Å²) in [4.78, 5) is 10.7. The van der Waals surface area contributed by atoms with Crippen LogP contribution >= 0.6 is 23.2 Å². The summed E-state index contributed by atoms with van der Waals surface area (Å²) in [5.41, 5.74) is 0.841. The van der Waals surface area contributed by atoms with Gasteiger partial charge in [0.2, 0.25) is 0 Å². The van der Waals surface area contributed by atoms with E-state index in [4.69, 9.17) is 27.9 Å². The predicted molar refractivity (Wildman–Crippen MR) is 65.4 cm³/mol. The highest BCUT2D eigenvalue weighted by Crippen LogP contribution is 2.30. The molecule has 0 amide bonds. The number of carbonyl (C=O) groups excluding carboxylic acids is 1. The molecule has 0 aliphatic carbocycles. The Labute approximate surface area is 105 Å². The number of hydrogen-bond acceptors (Lipinski definition) is 3. The number of ether oxygens (including phenoxy) is 1. The molecule has 0 radical (unpaired) electrons. The molecule has 3 nitrogen and oxygen atoms in total. The highest BCUT2D eigenvalue weighted by atomic mass is 35.5. The maximum absolute atomic E-state index is 10.7. The predicted octanol–water partition coefficient (Wildman–Crippen LogP) is 2.68. The summed E-state index contributed by atoms with van der Waals surface area (Å²) in [7, 11) is 1.53. The van der Waals surface area contributed by atoms with Gasteiger partial charge < -0.3 is 10.1 Å². The highest BCUT2D eigenvalue weighted by molar-refractivity contribution is 6.34. The van der Waals surface area contributed by atoms with Crippen molar-refractivity contribution >= 4 is 29.0 Å². The Morgan fingerprint density at radius 1 is 1.38 bits per heavy atom. The van der Waals surface area contributed by atoms with Gasteiger partial charge in [-0.3, -0.25) is 4.79 Å². The van der Waals surface area contributed by atoms with Crippen molar-refractivity contribution in [2.75, 3.05) is 13.7 Å². The zero-order valence-corrected chi connectivity index (χ0v) is 10.7. The summed E-state index contributed by atoms with van der Waals surface area (Å²) in [6.45, 7) is 2.34. The van der Waals surface area contributed by atoms with Gasteiger partial charge in [-0.15, -0.1) is 0 Å². The maximum Gasteiger partial charge on any atom is 0.143 e. The lowest BCUT2D eigenvalue weighted by Crippen LogP contribution is -2.20. The van der Waals surface area contributed by atoms with Crippen LogP contribution < -0.4 is 10.1 Å². The van der Waals surface area contributed by atoms with Gasteiger partial charge in [0.1, 0.15) is 11.5 Å². The normalized spacial score (nSPS) is 10.2. The van der Waals surface area contributed by atoms with Crippen molar-refractivity contribution in [3.8, 4) is 5.75 Å². The van der Waals surface area contributed by atoms with Crippen molar-refractivity contribution in [3.63, 3.8) is 0 Å². The summed E-state index contributed by atoms with van der Waals surface area (Å²) in [5, 5.41) is 4.05. The Hall–Kier alpha value is -0.770. The van der Waals surface area contributed by atoms with Crippen LogP contribution in [-0.2, 0) is 11.3 Å². The van der Waals surface area contributed by atoms with Crippen LogP contribution in [0.1, 0.15) is 12.5 Å². The fraction of sp³-hybridized carbons (Fsp3) is 0.364. The van der Waals surface area contributed by atoms with Crippen LogP contribution in [0, 0.1) is 0 Å². The van der Waals surface area contributed by atoms with Crippen LogP contribution in [-0.4, -0.2) is 19.4 Å². The zero-order chi connectivity index (χ0) is 12.1. The van der Waals surface area contributed by atoms with Crippen LogP contribution in [0.5, 0.6) is 5.75 Å². The SMILES string of the molecule is COc1cc(Cl)c(CNCC(C)=O)cc1Cl. The van der Waals surface area contributed by atoms with E-state index < -0.39 is 0 Å². The first-order valence-electron chi connectivity index (χ1n) is 4.76. The number of hydrogen-bond donors (Lipinski definition) is 1. The molecule has 0 aliphatic rings. The molecular weight excluding hydrogens is 249 g/mol. The highest BCUT2D eigenvalue weighted by Gasteiger charge is 2.07. The minimum absolute atomic E-state index is 0.0794. The molecule has 0 fully saturated rings. The van der Waals surface area contributed by atoms with Crippen molar-refractivity contribution in [1.29, 1.82) is 0 Å². The molecule has 0 saturated heterocycles. The number of benzene rings is 1. The van der Waals surface area contributed by atoms with Crippen LogP contribution in [0.25, 0.3) is 0 Å². The number of halogens is 2. The van der Waals surface area contributed by atoms with Crippen LogP contribution in [0.4, 0.5) is 0 Å². The van der Waals surface area contributed by atoms with E-state index in [1.54, 1.807) is 12.1 Å². The monoisotopic (exact) mass is 261 g/mol. The van der Waals surface area contributed by atoms with E-state index in [1.165, 1.54) is 14.0 Å². The van der Waals surface area contributed by atoms with E-state index in [0.717, 1.165) is 5.56 Å². The number of Topliss-reactive ketones (excluding diaryl/α,β-unsaturated/α-hetero) is 1. The number of methoxy groups -OCH3 is 1. The van der Waals surface area contributed by atoms with Gasteiger partial charge in [-0.25, -0.2) is 0 Å². The average Bonchev–Trinajstić information content (AvgIpc) is 2.22. The van der Waals surface area contributed by atoms with E-state index in [1.807, 2.05) is 0 Å². The number of rotatable bonds is 5. The van der Waals surface area contributed by atoms with Crippen LogP contribution in [0.2, 0.25) is 10.0 Å². The molecule has 5 heteroatoms. The quantitative estimate of drug-likeness (QED) is 0.886. The Bertz CT molecular complexity index is 394. The number of nitrogens with one attached hydrogen (secondary N) is 1. The summed E-state index contributed by atoms with van der Waals surface area (Å²) in [6.07, 6.45) is 0. The lowest BCUT2D eigenvalue weighted by Gasteiger charge is -2.09. The van der Waals surface area contributed by atoms with Crippen LogP contribution in [0.15, 0.2) is 12.1 Å². The molecule has 0 heterocycles. The number of ketones is 1. The van der Waals surface area contributed by atoms with Crippen molar-refractivity contribution in [1.82, 2.24) is 5.32 Å². The van der Waals surface area contributed by atoms with Gasteiger partial charge >= 0.3 is 0 Å². The van der Waals surface area contributed by atoms with Gasteiger partial charge in [0.15, 0.2) is 0 Å². The summed E-state index contributed by atoms with van der Waals surface area (Å²) < 4.78 is 5.03. The molecule has 1 N–H and O–H groups in total. The first-order valence-corrected chi connectivity index (χ1v) is 5.52. The lowest BCUT2D eigenvalue weighted by molar-refractivity contribution is -0.116. The molecule has 1 rings (SSSR count). The molecule has 0 spiro atoms. The van der Waals surface area contributed by atoms with Crippen molar-refractivity contribution in [2.45, 2.75) is 13.5 Å². The van der Waals surface area contributed by atoms with Gasteiger partial charge in [0.25, 0.3) is 0 Å². The second-order valence-corrected chi connectivity index (χ2v) is 4.20. The summed E-state index contributed by atoms with van der Waals surface area (Å²) in [5.74, 6) is 0.623. The Morgan fingerprint density at radius 3 is 2.62 bits per heavy atom. The van der Waals surface area contributed by atoms with E-state index in [9.17, 15) is 4.79 Å². The first-order chi connectivity index (χ1) is 7.54. The van der Waals surface area contributed by atoms with Crippen LogP contribution in [0.3, 0.4) is 0 Å². The van der Waals surface area contributed by atoms with E-state index in [0.29, 0.717) is 28.9 Å². The Morgan fingerprint density at radius 2 is 2.06 bits per heavy atom. The van der Waals surface area contributed by atoms with E-state index >= 15 is 0 Å². The smallest absolute Gasteiger partial charge is 0.143 e. The van der Waals surface area contributed by atoms with Gasteiger partial charge in [-0.2, -0.15) is 0 Å². The third-order valence-corrected chi connectivity index (χ3v) is 2.66. The first kappa shape index (κ1) is 13.3. The summed E-state index contributed by atoms with van der Waals surface area (Å²) in [6, 6.07) is 3.39. The second-order valence-electron chi connectivity index (χ2n) is 3.38. The third-order valence-electron chi connectivity index (χ3n) is 2.01. The topological polar surface area (TPSA) is 38.3 Å². The fourth-order valence-corrected chi connectivity index (χ4v) is 1.72. The maximum atomic E-state index is 10.7. The molecule has 1 aromatic carbocycles. The van der Waals surface area contributed by atoms with Crippen molar-refractivity contribution < 1.29 is 9.53 Å². The van der Waals surface area contributed by atoms with Gasteiger partial charge in [-0.05, 0) is 18.6 Å². The number of carbonyl (C=O) groups is 1. The molecule has 0 aliphatic heterocycles. The van der Waals surface area contributed by atoms with Gasteiger partial charge in [0, 0.05) is 17.6 Å². The Balaban J connectivity index is 2.73. The van der Waals surface area contributed by atoms with Gasteiger partial charge in [-0.1, -0.05) is 23.2 Å². The third kappa shape index (κ3) is 3.67. The Kier molecular flexibility index (Phi) is 5.06. The summed E-state index contributed by atoms with van der Waals surface area (Å²) >= 11 is 12.0. The molecule has 88 valence electrons. The lowest BCUT2D eigenvalue weighted by atomic mass is 10.2. The molecule has 0 saturated carbocycles. The van der Waals surface area contributed by atoms with E-state index in [2.05, 4.69) is 5.32 Å². The minimum Gasteiger partial charge on any atom is -0.495 e. The average molecular weight is 262 g/mol. The molecular formula is C11H13Cl2NO2. The van der Waals surface area contributed by atoms with Crippen molar-refractivity contribution in [3.05, 3.63) is 27.7 Å². The molecule has 1 aromatic rings. The van der Waals surface area contributed by atoms with Gasteiger partial charge in [0.05, 0.1) is 18.7 Å². The minimum atomic E-state index is 0.0794. The zero-order valence-electron chi connectivity index (χ0n) is 9.14. The largest absolute Gasteiger partial charge is 0.495 e.